The summed E-state index contributed by atoms with van der Waals surface area (Å²) in [7, 11) is 0. The molecular weight excluding hydrogens is 249 g/mol. The number of ether oxygens (including phenoxy) is 1. The highest BCUT2D eigenvalue weighted by molar-refractivity contribution is 5.93. The molecular formula is C13H18FN3O2. The Balaban J connectivity index is 1.97. The van der Waals surface area contributed by atoms with E-state index in [1.807, 2.05) is 0 Å². The first kappa shape index (κ1) is 13.9. The van der Waals surface area contributed by atoms with Crippen molar-refractivity contribution in [3.8, 4) is 0 Å². The first-order chi connectivity index (χ1) is 9.22. The van der Waals surface area contributed by atoms with E-state index in [4.69, 9.17) is 4.74 Å². The fourth-order valence-corrected chi connectivity index (χ4v) is 2.05. The predicted molar refractivity (Wildman–Crippen MR) is 69.2 cm³/mol. The van der Waals surface area contributed by atoms with E-state index >= 15 is 0 Å². The summed E-state index contributed by atoms with van der Waals surface area (Å²) in [5, 5.41) is 5.86. The second-order valence-corrected chi connectivity index (χ2v) is 4.55. The fraction of sp³-hybridized carbons (Fsp3) is 0.538. The van der Waals surface area contributed by atoms with Crippen molar-refractivity contribution in [2.45, 2.75) is 19.4 Å². The molecule has 19 heavy (non-hydrogen) atoms. The second-order valence-electron chi connectivity index (χ2n) is 4.55. The fourth-order valence-electron chi connectivity index (χ4n) is 2.05. The van der Waals surface area contributed by atoms with Crippen LogP contribution in [0.25, 0.3) is 0 Å². The minimum Gasteiger partial charge on any atom is -0.379 e. The average molecular weight is 267 g/mol. The summed E-state index contributed by atoms with van der Waals surface area (Å²) in [4.78, 5) is 15.8. The molecule has 104 valence electrons. The monoisotopic (exact) mass is 267 g/mol. The highest BCUT2D eigenvalue weighted by Crippen LogP contribution is 2.18. The van der Waals surface area contributed by atoms with Gasteiger partial charge in [-0.25, -0.2) is 4.39 Å². The van der Waals surface area contributed by atoms with Crippen molar-refractivity contribution in [1.29, 1.82) is 0 Å². The molecule has 1 amide bonds. The molecule has 2 unspecified atom stereocenters. The Morgan fingerprint density at radius 3 is 3.16 bits per heavy atom. The van der Waals surface area contributed by atoms with E-state index in [2.05, 4.69) is 22.5 Å². The average Bonchev–Trinajstić information content (AvgIpc) is 2.87. The van der Waals surface area contributed by atoms with Crippen LogP contribution < -0.4 is 10.6 Å². The Bertz CT molecular complexity index is 442. The minimum atomic E-state index is -0.534. The quantitative estimate of drug-likeness (QED) is 0.840. The number of carbonyl (C=O) groups excluding carboxylic acids is 1. The molecule has 1 aliphatic rings. The van der Waals surface area contributed by atoms with Gasteiger partial charge in [0.15, 0.2) is 5.82 Å². The molecule has 0 aliphatic carbocycles. The summed E-state index contributed by atoms with van der Waals surface area (Å²) in [6.07, 6.45) is 3.51. The zero-order chi connectivity index (χ0) is 13.7. The number of halogens is 1. The lowest BCUT2D eigenvalue weighted by molar-refractivity contribution is -0.120. The van der Waals surface area contributed by atoms with Crippen molar-refractivity contribution < 1.29 is 13.9 Å². The maximum absolute atomic E-state index is 13.4. The topological polar surface area (TPSA) is 63.2 Å². The molecule has 2 heterocycles. The van der Waals surface area contributed by atoms with Crippen molar-refractivity contribution in [3.63, 3.8) is 0 Å². The van der Waals surface area contributed by atoms with Crippen LogP contribution in [0.4, 0.5) is 10.1 Å². The number of pyridine rings is 1. The number of carbonyl (C=O) groups is 1. The van der Waals surface area contributed by atoms with E-state index in [-0.39, 0.29) is 23.6 Å². The minimum absolute atomic E-state index is 0.00940. The number of anilines is 1. The summed E-state index contributed by atoms with van der Waals surface area (Å²) in [5.74, 6) is -1.05. The molecule has 6 heteroatoms. The van der Waals surface area contributed by atoms with Crippen LogP contribution in [0.3, 0.4) is 0 Å². The molecule has 1 saturated heterocycles. The number of rotatable bonds is 5. The molecule has 1 aliphatic heterocycles. The number of nitrogens with one attached hydrogen (secondary N) is 2. The van der Waals surface area contributed by atoms with Gasteiger partial charge in [-0.1, -0.05) is 6.92 Å². The van der Waals surface area contributed by atoms with Crippen molar-refractivity contribution in [2.75, 3.05) is 25.1 Å². The van der Waals surface area contributed by atoms with Crippen LogP contribution in [-0.4, -0.2) is 36.7 Å². The summed E-state index contributed by atoms with van der Waals surface area (Å²) in [6.45, 7) is 3.77. The van der Waals surface area contributed by atoms with Gasteiger partial charge in [-0.15, -0.1) is 0 Å². The van der Waals surface area contributed by atoms with E-state index < -0.39 is 5.82 Å². The van der Waals surface area contributed by atoms with E-state index in [1.54, 1.807) is 0 Å². The molecule has 0 spiro atoms. The number of nitrogens with zero attached hydrogens (tertiary/aromatic N) is 1. The smallest absolute Gasteiger partial charge is 0.231 e. The van der Waals surface area contributed by atoms with Crippen molar-refractivity contribution in [3.05, 3.63) is 24.3 Å². The molecule has 5 nitrogen and oxygen atoms in total. The van der Waals surface area contributed by atoms with Gasteiger partial charge >= 0.3 is 0 Å². The van der Waals surface area contributed by atoms with Crippen LogP contribution >= 0.6 is 0 Å². The van der Waals surface area contributed by atoms with Crippen LogP contribution in [0.15, 0.2) is 18.5 Å². The molecule has 1 aromatic rings. The predicted octanol–water partition coefficient (Wildman–Crippen LogP) is 1.17. The third kappa shape index (κ3) is 3.48. The number of amides is 1. The van der Waals surface area contributed by atoms with Gasteiger partial charge in [0.2, 0.25) is 5.91 Å². The number of hydrogen-bond acceptors (Lipinski definition) is 4. The lowest BCUT2D eigenvalue weighted by atomic mass is 10.0. The Kier molecular flexibility index (Phi) is 4.81. The van der Waals surface area contributed by atoms with Gasteiger partial charge in [0.05, 0.1) is 31.0 Å². The normalized spacial score (nSPS) is 22.4. The third-order valence-electron chi connectivity index (χ3n) is 3.10. The van der Waals surface area contributed by atoms with Gasteiger partial charge in [0, 0.05) is 12.2 Å². The first-order valence-corrected chi connectivity index (χ1v) is 6.44. The molecule has 0 aromatic carbocycles. The highest BCUT2D eigenvalue weighted by atomic mass is 19.1. The van der Waals surface area contributed by atoms with Crippen LogP contribution in [0.2, 0.25) is 0 Å². The van der Waals surface area contributed by atoms with Gasteiger partial charge in [-0.3, -0.25) is 9.78 Å². The molecule has 0 saturated carbocycles. The van der Waals surface area contributed by atoms with Crippen LogP contribution in [0.1, 0.15) is 13.3 Å². The molecule has 0 radical (unpaired) electrons. The highest BCUT2D eigenvalue weighted by Gasteiger charge is 2.33. The van der Waals surface area contributed by atoms with Gasteiger partial charge in [0.25, 0.3) is 0 Å². The van der Waals surface area contributed by atoms with E-state index in [9.17, 15) is 9.18 Å². The van der Waals surface area contributed by atoms with Crippen LogP contribution in [0.5, 0.6) is 0 Å². The van der Waals surface area contributed by atoms with Gasteiger partial charge in [-0.2, -0.15) is 0 Å². The Labute approximate surface area is 111 Å². The molecule has 0 bridgehead atoms. The van der Waals surface area contributed by atoms with Crippen molar-refractivity contribution in [1.82, 2.24) is 10.3 Å². The summed E-state index contributed by atoms with van der Waals surface area (Å²) in [6, 6.07) is 1.43. The second kappa shape index (κ2) is 6.58. The summed E-state index contributed by atoms with van der Waals surface area (Å²) in [5.41, 5.74) is 0.154. The van der Waals surface area contributed by atoms with Crippen molar-refractivity contribution in [2.24, 2.45) is 5.92 Å². The van der Waals surface area contributed by atoms with Crippen LogP contribution in [0, 0.1) is 11.7 Å². The third-order valence-corrected chi connectivity index (χ3v) is 3.10. The summed E-state index contributed by atoms with van der Waals surface area (Å²) < 4.78 is 18.7. The Morgan fingerprint density at radius 2 is 2.42 bits per heavy atom. The molecule has 1 fully saturated rings. The standard InChI is InChI=1S/C13H18FN3O2/c1-2-4-16-12-8-19-7-9(12)13(18)17-11-3-5-15-6-10(11)14/h3,5-6,9,12,16H,2,4,7-8H2,1H3,(H,15,17,18). The zero-order valence-electron chi connectivity index (χ0n) is 10.9. The Hall–Kier alpha value is -1.53. The summed E-state index contributed by atoms with van der Waals surface area (Å²) >= 11 is 0. The SMILES string of the molecule is CCCNC1COCC1C(=O)Nc1ccncc1F. The van der Waals surface area contributed by atoms with Crippen molar-refractivity contribution >= 4 is 11.6 Å². The van der Waals surface area contributed by atoms with Gasteiger partial charge in [-0.05, 0) is 19.0 Å². The zero-order valence-corrected chi connectivity index (χ0v) is 10.9. The number of hydrogen-bond donors (Lipinski definition) is 2. The van der Waals surface area contributed by atoms with E-state index in [1.165, 1.54) is 12.3 Å². The maximum Gasteiger partial charge on any atom is 0.231 e. The van der Waals surface area contributed by atoms with Crippen LogP contribution in [-0.2, 0) is 9.53 Å². The first-order valence-electron chi connectivity index (χ1n) is 6.44. The van der Waals surface area contributed by atoms with Gasteiger partial charge < -0.3 is 15.4 Å². The Morgan fingerprint density at radius 1 is 1.58 bits per heavy atom. The maximum atomic E-state index is 13.4. The van der Waals surface area contributed by atoms with E-state index in [0.29, 0.717) is 13.2 Å². The molecule has 1 aromatic heterocycles. The lowest BCUT2D eigenvalue weighted by Gasteiger charge is -2.18. The molecule has 2 N–H and O–H groups in total. The molecule has 2 rings (SSSR count). The largest absolute Gasteiger partial charge is 0.379 e. The molecule has 2 atom stereocenters. The van der Waals surface area contributed by atoms with Gasteiger partial charge in [0.1, 0.15) is 0 Å². The van der Waals surface area contributed by atoms with E-state index in [0.717, 1.165) is 19.2 Å². The lowest BCUT2D eigenvalue weighted by Crippen LogP contribution is -2.41. The number of aromatic nitrogens is 1.